The number of hydrogen-bond acceptors (Lipinski definition) is 5. The maximum absolute atomic E-state index is 13.1. The monoisotopic (exact) mass is 608 g/mol. The molecule has 1 saturated heterocycles. The van der Waals surface area contributed by atoms with Gasteiger partial charge in [0.1, 0.15) is 0 Å². The summed E-state index contributed by atoms with van der Waals surface area (Å²) in [7, 11) is 2.81. The number of urea groups is 1. The summed E-state index contributed by atoms with van der Waals surface area (Å²) in [5.41, 5.74) is 7.54. The third-order valence-corrected chi connectivity index (χ3v) is 11.2. The average molecular weight is 608 g/mol. The second-order valence-corrected chi connectivity index (χ2v) is 13.7. The van der Waals surface area contributed by atoms with Crippen molar-refractivity contribution < 1.29 is 14.4 Å². The van der Waals surface area contributed by atoms with Gasteiger partial charge in [0.25, 0.3) is 0 Å². The molecule has 2 aromatic heterocycles. The molecule has 3 aliphatic heterocycles. The van der Waals surface area contributed by atoms with Crippen LogP contribution in [0.2, 0.25) is 0 Å². The van der Waals surface area contributed by atoms with Crippen LogP contribution in [0.5, 0.6) is 0 Å². The van der Waals surface area contributed by atoms with Gasteiger partial charge in [0.15, 0.2) is 0 Å². The molecule has 0 aliphatic carbocycles. The van der Waals surface area contributed by atoms with Crippen LogP contribution in [-0.2, 0) is 20.4 Å². The number of hydrogen-bond donors (Lipinski definition) is 0. The van der Waals surface area contributed by atoms with E-state index in [1.54, 1.807) is 12.3 Å². The number of carbonyl (C=O) groups is 3. The Morgan fingerprint density at radius 3 is 2.20 bits per heavy atom. The average Bonchev–Trinajstić information content (AvgIpc) is 3.42. The predicted octanol–water partition coefficient (Wildman–Crippen LogP) is 5.35. The zero-order valence-electron chi connectivity index (χ0n) is 23.4. The van der Waals surface area contributed by atoms with Crippen LogP contribution in [0.1, 0.15) is 53.0 Å². The van der Waals surface area contributed by atoms with E-state index in [9.17, 15) is 14.4 Å². The van der Waals surface area contributed by atoms with Gasteiger partial charge in [-0.3, -0.25) is 0 Å². The first-order chi connectivity index (χ1) is 19.6. The number of likely N-dealkylation sites (N-methyl/N-ethyl adjacent to an activating group) is 2. The Bertz CT molecular complexity index is 1810. The first-order valence-corrected chi connectivity index (χ1v) is 15.2. The van der Waals surface area contributed by atoms with Crippen LogP contribution in [0.4, 0.5) is 20.7 Å². The molecule has 0 radical (unpaired) electrons. The third-order valence-electron chi connectivity index (χ3n) is 8.93. The fourth-order valence-electron chi connectivity index (χ4n) is 6.59. The van der Waals surface area contributed by atoms with Crippen molar-refractivity contribution in [3.05, 3.63) is 111 Å². The van der Waals surface area contributed by atoms with Crippen LogP contribution in [0, 0.1) is 0 Å². The van der Waals surface area contributed by atoms with E-state index < -0.39 is 23.3 Å². The second-order valence-electron chi connectivity index (χ2n) is 11.5. The van der Waals surface area contributed by atoms with E-state index in [4.69, 9.17) is 0 Å². The summed E-state index contributed by atoms with van der Waals surface area (Å²) in [5, 5.41) is 0. The number of benzene rings is 2. The number of para-hydroxylation sites is 2. The SMILES string of the molecule is CN1C(=O)C(=Cc2cc3c([se]2)N2c4ccccc4C(C)(C)c4cccc(c42)C3(C)c2cccnc2)C(=O)N(C)C1=O. The summed E-state index contributed by atoms with van der Waals surface area (Å²) in [6.45, 7) is 6.82. The van der Waals surface area contributed by atoms with Gasteiger partial charge in [0.2, 0.25) is 0 Å². The van der Waals surface area contributed by atoms with E-state index in [-0.39, 0.29) is 25.5 Å². The Morgan fingerprint density at radius 2 is 1.49 bits per heavy atom. The molecule has 7 nitrogen and oxygen atoms in total. The molecule has 8 heteroatoms. The fraction of sp³-hybridized carbons (Fsp3) is 0.212. The first kappa shape index (κ1) is 25.7. The summed E-state index contributed by atoms with van der Waals surface area (Å²) in [5.74, 6) is -1.16. The number of pyridine rings is 1. The molecule has 1 fully saturated rings. The second kappa shape index (κ2) is 8.62. The minimum atomic E-state index is -0.625. The zero-order valence-corrected chi connectivity index (χ0v) is 25.1. The van der Waals surface area contributed by atoms with Gasteiger partial charge in [-0.15, -0.1) is 0 Å². The van der Waals surface area contributed by atoms with Gasteiger partial charge in [0.05, 0.1) is 0 Å². The van der Waals surface area contributed by atoms with Gasteiger partial charge in [-0.1, -0.05) is 0 Å². The molecule has 5 heterocycles. The number of barbiturate groups is 1. The Balaban J connectivity index is 1.53. The number of aromatic nitrogens is 1. The van der Waals surface area contributed by atoms with E-state index in [1.165, 1.54) is 41.0 Å². The summed E-state index contributed by atoms with van der Waals surface area (Å²) in [4.78, 5) is 47.4. The van der Waals surface area contributed by atoms with Crippen LogP contribution >= 0.6 is 0 Å². The van der Waals surface area contributed by atoms with Crippen molar-refractivity contribution in [3.8, 4) is 0 Å². The molecular weight excluding hydrogens is 579 g/mol. The van der Waals surface area contributed by atoms with Gasteiger partial charge in [-0.05, 0) is 0 Å². The Labute approximate surface area is 244 Å². The molecule has 4 amide bonds. The molecule has 7 rings (SSSR count). The van der Waals surface area contributed by atoms with Crippen LogP contribution in [0.25, 0.3) is 6.08 Å². The normalized spacial score (nSPS) is 20.6. The van der Waals surface area contributed by atoms with E-state index >= 15 is 0 Å². The topological polar surface area (TPSA) is 73.8 Å². The molecule has 204 valence electrons. The number of nitrogens with zero attached hydrogens (tertiary/aromatic N) is 4. The zero-order chi connectivity index (χ0) is 28.8. The quantitative estimate of drug-likeness (QED) is 0.175. The van der Waals surface area contributed by atoms with E-state index in [1.807, 2.05) is 12.3 Å². The Hall–Kier alpha value is -4.26. The molecule has 1 unspecified atom stereocenters. The molecular formula is C33H28N4O3Se. The molecule has 1 atom stereocenters. The van der Waals surface area contributed by atoms with Gasteiger partial charge >= 0.3 is 245 Å². The molecule has 0 bridgehead atoms. The minimum absolute atomic E-state index is 0.00373. The molecule has 2 aromatic carbocycles. The number of anilines is 3. The van der Waals surface area contributed by atoms with E-state index in [0.29, 0.717) is 0 Å². The van der Waals surface area contributed by atoms with Gasteiger partial charge in [-0.25, -0.2) is 0 Å². The number of imide groups is 2. The summed E-state index contributed by atoms with van der Waals surface area (Å²) in [6.07, 6.45) is 5.41. The maximum atomic E-state index is 13.1. The summed E-state index contributed by atoms with van der Waals surface area (Å²) < 4.78 is 2.08. The van der Waals surface area contributed by atoms with Gasteiger partial charge < -0.3 is 0 Å². The summed E-state index contributed by atoms with van der Waals surface area (Å²) in [6, 6.07) is 20.8. The van der Waals surface area contributed by atoms with E-state index in [0.717, 1.165) is 31.1 Å². The van der Waals surface area contributed by atoms with Crippen molar-refractivity contribution in [2.75, 3.05) is 19.0 Å². The Morgan fingerprint density at radius 1 is 0.805 bits per heavy atom. The predicted molar refractivity (Wildman–Crippen MR) is 159 cm³/mol. The van der Waals surface area contributed by atoms with Crippen molar-refractivity contribution in [3.63, 3.8) is 0 Å². The molecule has 0 saturated carbocycles. The fourth-order valence-corrected chi connectivity index (χ4v) is 9.18. The number of amides is 4. The van der Waals surface area contributed by atoms with Crippen molar-refractivity contribution in [1.29, 1.82) is 0 Å². The van der Waals surface area contributed by atoms with Crippen LogP contribution in [0.3, 0.4) is 0 Å². The first-order valence-electron chi connectivity index (χ1n) is 13.5. The number of carbonyl (C=O) groups excluding carboxylic acids is 3. The van der Waals surface area contributed by atoms with Crippen molar-refractivity contribution in [2.24, 2.45) is 0 Å². The van der Waals surface area contributed by atoms with Crippen LogP contribution < -0.4 is 4.90 Å². The van der Waals surface area contributed by atoms with Crippen LogP contribution in [0.15, 0.2) is 78.6 Å². The Kier molecular flexibility index (Phi) is 5.40. The third kappa shape index (κ3) is 3.32. The van der Waals surface area contributed by atoms with Crippen molar-refractivity contribution >= 4 is 54.4 Å². The van der Waals surface area contributed by atoms with E-state index in [2.05, 4.69) is 85.3 Å². The molecule has 41 heavy (non-hydrogen) atoms. The van der Waals surface area contributed by atoms with Gasteiger partial charge in [-0.2, -0.15) is 0 Å². The summed E-state index contributed by atoms with van der Waals surface area (Å²) >= 11 is -0.232. The molecule has 0 spiro atoms. The van der Waals surface area contributed by atoms with Gasteiger partial charge in [0, 0.05) is 0 Å². The van der Waals surface area contributed by atoms with Crippen molar-refractivity contribution in [2.45, 2.75) is 31.6 Å². The molecule has 3 aliphatic rings. The molecule has 0 N–H and O–H groups in total. The number of fused-ring (bicyclic) bond motifs is 4. The van der Waals surface area contributed by atoms with Crippen LogP contribution in [-0.4, -0.2) is 61.2 Å². The van der Waals surface area contributed by atoms with Crippen molar-refractivity contribution in [1.82, 2.24) is 14.8 Å². The standard InChI is InChI=1S/C33H28N4O3Se/c1-32(2)22-11-6-7-14-26(22)37-27-23(32)12-8-13-24(27)33(3,19-10-9-15-34-18-19)25-17-20(41-30(25)37)16-21-28(38)35(4)31(40)36(5)29(21)39/h6-18H,1-5H3. The number of rotatable bonds is 2. The molecule has 4 aromatic rings.